The first-order valence-electron chi connectivity index (χ1n) is 3.96. The second kappa shape index (κ2) is 11.5. The molecule has 0 saturated heterocycles. The molecule has 11 heteroatoms. The van der Waals surface area contributed by atoms with Crippen LogP contribution in [-0.2, 0) is 13.9 Å². The zero-order chi connectivity index (χ0) is 12.1. The summed E-state index contributed by atoms with van der Waals surface area (Å²) in [6.45, 7) is -0.846. The van der Waals surface area contributed by atoms with Crippen LogP contribution >= 0.6 is 7.82 Å². The molecule has 0 amide bonds. The van der Waals surface area contributed by atoms with Crippen LogP contribution < -0.4 is 0 Å². The quantitative estimate of drug-likeness (QED) is 0.189. The third-order valence-electron chi connectivity index (χ3n) is 1.54. The predicted octanol–water partition coefficient (Wildman–Crippen LogP) is -2.99. The number of phosphoric ester groups is 1. The van der Waals surface area contributed by atoms with Crippen molar-refractivity contribution in [3.8, 4) is 0 Å². The molecule has 5 N–H and O–H groups in total. The number of hydrogen-bond acceptors (Lipinski definition) is 6. The van der Waals surface area contributed by atoms with E-state index >= 15 is 0 Å². The Kier molecular flexibility index (Phi) is 16.0. The molecule has 17 heavy (non-hydrogen) atoms. The fourth-order valence-electron chi connectivity index (χ4n) is 0.766. The molecule has 0 saturated carbocycles. The second-order valence-electron chi connectivity index (χ2n) is 2.81. The van der Waals surface area contributed by atoms with Crippen molar-refractivity contribution in [1.82, 2.24) is 0 Å². The van der Waals surface area contributed by atoms with Gasteiger partial charge in [-0.1, -0.05) is 0 Å². The summed E-state index contributed by atoms with van der Waals surface area (Å²) < 4.78 is 14.1. The molecular weight excluding hydrogens is 277 g/mol. The Labute approximate surface area is 142 Å². The van der Waals surface area contributed by atoms with Crippen molar-refractivity contribution in [2.45, 2.75) is 24.7 Å². The normalized spacial score (nSPS) is 16.1. The van der Waals surface area contributed by atoms with Gasteiger partial charge in [0.05, 0.1) is 12.7 Å². The maximum absolute atomic E-state index is 10.2. The molecular formula is C6H13Na2O8P. The number of phosphoric acid groups is 1. The van der Waals surface area contributed by atoms with Gasteiger partial charge in [-0.15, -0.1) is 0 Å². The monoisotopic (exact) mass is 290 g/mol. The Bertz CT molecular complexity index is 246. The Balaban J connectivity index is -0.000000980. The Hall–Kier alpha value is 1.66. The standard InChI is InChI=1S/C6H13O8P.2Na/c7-2-1-4(8)6(10)5(9)3-14-15(11,12)13;;/h2,4-6,8-10H,1,3H2,(H2,11,12,13);;/t4-,5-,6+;;/m1../s1. The number of aliphatic hydroxyl groups is 3. The summed E-state index contributed by atoms with van der Waals surface area (Å²) in [6, 6.07) is 0. The molecule has 0 aromatic carbocycles. The van der Waals surface area contributed by atoms with Gasteiger partial charge in [0.2, 0.25) is 0 Å². The Morgan fingerprint density at radius 1 is 1.12 bits per heavy atom. The second-order valence-corrected chi connectivity index (χ2v) is 4.05. The zero-order valence-corrected chi connectivity index (χ0v) is 14.5. The average molecular weight is 290 g/mol. The topological polar surface area (TPSA) is 145 Å². The maximum Gasteiger partial charge on any atom is 0.469 e. The van der Waals surface area contributed by atoms with Crippen molar-refractivity contribution in [2.24, 2.45) is 0 Å². The molecule has 0 heterocycles. The number of aliphatic hydroxyl groups excluding tert-OH is 3. The Morgan fingerprint density at radius 3 is 1.94 bits per heavy atom. The van der Waals surface area contributed by atoms with Gasteiger partial charge in [0.15, 0.2) is 0 Å². The molecule has 0 fully saturated rings. The molecule has 2 radical (unpaired) electrons. The summed E-state index contributed by atoms with van der Waals surface area (Å²) in [5.74, 6) is 0. The summed E-state index contributed by atoms with van der Waals surface area (Å²) in [5, 5.41) is 27.2. The van der Waals surface area contributed by atoms with E-state index in [0.717, 1.165) is 0 Å². The van der Waals surface area contributed by atoms with Gasteiger partial charge in [-0.2, -0.15) is 0 Å². The van der Waals surface area contributed by atoms with E-state index in [1.165, 1.54) is 0 Å². The van der Waals surface area contributed by atoms with E-state index < -0.39 is 39.2 Å². The molecule has 0 aliphatic heterocycles. The number of aldehydes is 1. The van der Waals surface area contributed by atoms with E-state index in [1.807, 2.05) is 0 Å². The molecule has 0 aromatic heterocycles. The number of carbonyl (C=O) groups is 1. The summed E-state index contributed by atoms with van der Waals surface area (Å²) in [5.41, 5.74) is 0. The molecule has 8 nitrogen and oxygen atoms in total. The predicted molar refractivity (Wildman–Crippen MR) is 58.2 cm³/mol. The number of carbonyl (C=O) groups excluding carboxylic acids is 1. The fraction of sp³-hybridized carbons (Fsp3) is 0.833. The van der Waals surface area contributed by atoms with Crippen LogP contribution in [0.15, 0.2) is 0 Å². The van der Waals surface area contributed by atoms with Crippen LogP contribution in [0.2, 0.25) is 0 Å². The summed E-state index contributed by atoms with van der Waals surface area (Å²) in [4.78, 5) is 26.5. The van der Waals surface area contributed by atoms with Gasteiger partial charge in [-0.25, -0.2) is 4.57 Å². The minimum atomic E-state index is -4.73. The molecule has 0 aliphatic carbocycles. The van der Waals surface area contributed by atoms with Crippen molar-refractivity contribution in [1.29, 1.82) is 0 Å². The van der Waals surface area contributed by atoms with E-state index in [9.17, 15) is 9.36 Å². The smallest absolute Gasteiger partial charge is 0.390 e. The van der Waals surface area contributed by atoms with Gasteiger partial charge in [0.1, 0.15) is 18.5 Å². The fourth-order valence-corrected chi connectivity index (χ4v) is 1.11. The zero-order valence-electron chi connectivity index (χ0n) is 9.63. The van der Waals surface area contributed by atoms with Crippen molar-refractivity contribution in [3.05, 3.63) is 0 Å². The minimum absolute atomic E-state index is 0. The van der Waals surface area contributed by atoms with E-state index in [-0.39, 0.29) is 59.1 Å². The summed E-state index contributed by atoms with van der Waals surface area (Å²) in [7, 11) is -4.73. The van der Waals surface area contributed by atoms with E-state index in [4.69, 9.17) is 25.1 Å². The van der Waals surface area contributed by atoms with Crippen LogP contribution in [0.1, 0.15) is 6.42 Å². The van der Waals surface area contributed by atoms with Gasteiger partial charge in [-0.3, -0.25) is 4.52 Å². The Morgan fingerprint density at radius 2 is 1.59 bits per heavy atom. The van der Waals surface area contributed by atoms with Crippen LogP contribution in [0.3, 0.4) is 0 Å². The van der Waals surface area contributed by atoms with Crippen molar-refractivity contribution in [3.63, 3.8) is 0 Å². The first kappa shape index (κ1) is 23.7. The van der Waals surface area contributed by atoms with Gasteiger partial charge in [0, 0.05) is 65.5 Å². The average Bonchev–Trinajstić information content (AvgIpc) is 2.12. The van der Waals surface area contributed by atoms with E-state index in [0.29, 0.717) is 6.29 Å². The maximum atomic E-state index is 10.2. The summed E-state index contributed by atoms with van der Waals surface area (Å²) in [6.07, 6.45) is -4.95. The molecule has 0 unspecified atom stereocenters. The molecule has 0 aliphatic rings. The van der Waals surface area contributed by atoms with Crippen molar-refractivity contribution in [2.75, 3.05) is 6.61 Å². The number of hydrogen-bond donors (Lipinski definition) is 5. The van der Waals surface area contributed by atoms with Crippen LogP contribution in [0.25, 0.3) is 0 Å². The molecule has 0 rings (SSSR count). The van der Waals surface area contributed by atoms with E-state index in [1.54, 1.807) is 0 Å². The van der Waals surface area contributed by atoms with Gasteiger partial charge >= 0.3 is 7.82 Å². The SMILES string of the molecule is O=CC[C@@H](O)[C@H](O)[C@H](O)COP(=O)(O)O.[Na].[Na]. The van der Waals surface area contributed by atoms with Gasteiger partial charge in [-0.05, 0) is 0 Å². The van der Waals surface area contributed by atoms with Crippen molar-refractivity contribution < 1.29 is 39.0 Å². The molecule has 0 spiro atoms. The molecule has 3 atom stereocenters. The number of rotatable bonds is 7. The molecule has 92 valence electrons. The van der Waals surface area contributed by atoms with Crippen LogP contribution in [0.5, 0.6) is 0 Å². The van der Waals surface area contributed by atoms with Crippen molar-refractivity contribution >= 4 is 73.2 Å². The van der Waals surface area contributed by atoms with Crippen LogP contribution in [0.4, 0.5) is 0 Å². The van der Waals surface area contributed by atoms with Crippen LogP contribution in [0, 0.1) is 0 Å². The largest absolute Gasteiger partial charge is 0.469 e. The minimum Gasteiger partial charge on any atom is -0.390 e. The van der Waals surface area contributed by atoms with Gasteiger partial charge < -0.3 is 29.9 Å². The van der Waals surface area contributed by atoms with Gasteiger partial charge in [0.25, 0.3) is 0 Å². The molecule has 0 bridgehead atoms. The third kappa shape index (κ3) is 12.4. The first-order chi connectivity index (χ1) is 6.78. The summed E-state index contributed by atoms with van der Waals surface area (Å²) >= 11 is 0. The van der Waals surface area contributed by atoms with Crippen LogP contribution in [-0.4, -0.2) is 115 Å². The first-order valence-corrected chi connectivity index (χ1v) is 5.49. The van der Waals surface area contributed by atoms with E-state index in [2.05, 4.69) is 4.52 Å². The third-order valence-corrected chi connectivity index (χ3v) is 2.03. The molecule has 0 aromatic rings.